The van der Waals surface area contributed by atoms with Crippen molar-refractivity contribution >= 4 is 23.1 Å². The van der Waals surface area contributed by atoms with Crippen LogP contribution in [0.4, 0.5) is 11.8 Å². The molecule has 1 aliphatic rings. The molecule has 0 saturated heterocycles. The molecule has 2 aromatic heterocycles. The highest BCUT2D eigenvalue weighted by Gasteiger charge is 2.30. The molecule has 118 valence electrons. The number of nitrogen functional groups attached to an aromatic ring is 1. The lowest BCUT2D eigenvalue weighted by molar-refractivity contribution is 0.0732. The van der Waals surface area contributed by atoms with Gasteiger partial charge in [-0.1, -0.05) is 6.92 Å². The monoisotopic (exact) mass is 319 g/mol. The number of nitrogens with two attached hydrogens (primary N) is 1. The maximum Gasteiger partial charge on any atom is 0.222 e. The van der Waals surface area contributed by atoms with Gasteiger partial charge >= 0.3 is 0 Å². The van der Waals surface area contributed by atoms with Crippen molar-refractivity contribution in [2.45, 2.75) is 51.2 Å². The van der Waals surface area contributed by atoms with Crippen LogP contribution in [0.5, 0.6) is 0 Å². The first-order valence-corrected chi connectivity index (χ1v) is 8.51. The lowest BCUT2D eigenvalue weighted by Gasteiger charge is -2.30. The highest BCUT2D eigenvalue weighted by Crippen LogP contribution is 2.36. The summed E-state index contributed by atoms with van der Waals surface area (Å²) in [6, 6.07) is 1.92. The number of hydrogen-bond acceptors (Lipinski definition) is 7. The minimum atomic E-state index is -0.204. The Bertz CT molecular complexity index is 639. The van der Waals surface area contributed by atoms with Crippen molar-refractivity contribution in [2.75, 3.05) is 11.1 Å². The lowest BCUT2D eigenvalue weighted by atomic mass is 9.80. The molecule has 7 heteroatoms. The first-order chi connectivity index (χ1) is 10.6. The van der Waals surface area contributed by atoms with Crippen LogP contribution in [-0.4, -0.2) is 26.2 Å². The van der Waals surface area contributed by atoms with Crippen molar-refractivity contribution in [1.82, 2.24) is 15.0 Å². The molecule has 1 saturated carbocycles. The van der Waals surface area contributed by atoms with Gasteiger partial charge in [0.05, 0.1) is 29.0 Å². The van der Waals surface area contributed by atoms with Crippen molar-refractivity contribution in [1.29, 1.82) is 0 Å². The van der Waals surface area contributed by atoms with E-state index in [1.807, 2.05) is 6.07 Å². The highest BCUT2D eigenvalue weighted by molar-refractivity contribution is 7.09. The Morgan fingerprint density at radius 3 is 2.91 bits per heavy atom. The summed E-state index contributed by atoms with van der Waals surface area (Å²) in [5.74, 6) is 1.27. The molecule has 0 unspecified atom stereocenters. The van der Waals surface area contributed by atoms with Gasteiger partial charge in [0, 0.05) is 17.4 Å². The summed E-state index contributed by atoms with van der Waals surface area (Å²) in [5.41, 5.74) is 7.71. The summed E-state index contributed by atoms with van der Waals surface area (Å²) in [5, 5.41) is 15.9. The summed E-state index contributed by atoms with van der Waals surface area (Å²) in [4.78, 5) is 13.1. The number of hydrogen-bond donors (Lipinski definition) is 3. The molecule has 0 aromatic carbocycles. The third kappa shape index (κ3) is 3.53. The molecule has 0 aliphatic heterocycles. The molecule has 0 amide bonds. The van der Waals surface area contributed by atoms with E-state index in [0.717, 1.165) is 37.1 Å². The van der Waals surface area contributed by atoms with Gasteiger partial charge in [0.2, 0.25) is 5.95 Å². The average molecular weight is 319 g/mol. The van der Waals surface area contributed by atoms with Gasteiger partial charge in [-0.2, -0.15) is 4.98 Å². The summed E-state index contributed by atoms with van der Waals surface area (Å²) in [6.45, 7) is 2.78. The van der Waals surface area contributed by atoms with Gasteiger partial charge in [-0.3, -0.25) is 0 Å². The molecule has 4 N–H and O–H groups in total. The van der Waals surface area contributed by atoms with Crippen molar-refractivity contribution in [2.24, 2.45) is 0 Å². The predicted octanol–water partition coefficient (Wildman–Crippen LogP) is 2.32. The van der Waals surface area contributed by atoms with E-state index >= 15 is 0 Å². The van der Waals surface area contributed by atoms with Crippen molar-refractivity contribution < 1.29 is 5.11 Å². The minimum Gasteiger partial charge on any atom is -0.393 e. The molecule has 2 aromatic rings. The number of rotatable bonds is 6. The second-order valence-electron chi connectivity index (χ2n) is 5.69. The number of anilines is 2. The van der Waals surface area contributed by atoms with Gasteiger partial charge in [-0.25, -0.2) is 9.97 Å². The van der Waals surface area contributed by atoms with Gasteiger partial charge in [-0.15, -0.1) is 11.3 Å². The fraction of sp³-hybridized carbons (Fsp3) is 0.533. The third-order valence-corrected chi connectivity index (χ3v) is 4.77. The van der Waals surface area contributed by atoms with Gasteiger partial charge in [0.25, 0.3) is 0 Å². The van der Waals surface area contributed by atoms with Gasteiger partial charge in [0.15, 0.2) is 0 Å². The Labute approximate surface area is 133 Å². The maximum atomic E-state index is 9.42. The number of aromatic nitrogens is 3. The number of thiazole rings is 1. The first-order valence-electron chi connectivity index (χ1n) is 7.63. The largest absolute Gasteiger partial charge is 0.393 e. The van der Waals surface area contributed by atoms with Crippen LogP contribution in [0, 0.1) is 0 Å². The number of aryl methyl sites for hydroxylation is 1. The number of nitrogens with one attached hydrogen (secondary N) is 1. The van der Waals surface area contributed by atoms with E-state index in [2.05, 4.69) is 32.6 Å². The van der Waals surface area contributed by atoms with E-state index in [1.54, 1.807) is 11.3 Å². The molecule has 0 radical (unpaired) electrons. The predicted molar refractivity (Wildman–Crippen MR) is 87.9 cm³/mol. The molecule has 1 aliphatic carbocycles. The fourth-order valence-electron chi connectivity index (χ4n) is 2.55. The lowest BCUT2D eigenvalue weighted by Crippen LogP contribution is -2.27. The van der Waals surface area contributed by atoms with Crippen LogP contribution >= 0.6 is 11.3 Å². The quantitative estimate of drug-likeness (QED) is 0.756. The molecular formula is C15H21N5OS. The Morgan fingerprint density at radius 2 is 2.18 bits per heavy atom. The zero-order valence-electron chi connectivity index (χ0n) is 12.6. The van der Waals surface area contributed by atoms with E-state index < -0.39 is 0 Å². The van der Waals surface area contributed by atoms with Crippen molar-refractivity contribution in [3.63, 3.8) is 0 Å². The highest BCUT2D eigenvalue weighted by atomic mass is 32.1. The molecule has 3 rings (SSSR count). The zero-order valence-corrected chi connectivity index (χ0v) is 13.4. The molecule has 2 heterocycles. The standard InChI is InChI=1S/C15H21N5OS/c1-2-3-14-18-10(8-22-14)7-17-13-6-12(19-15(16)20-13)9-4-11(21)5-9/h6,8-9,11,21H,2-5,7H2,1H3,(H3,16,17,19,20). The second-order valence-corrected chi connectivity index (χ2v) is 6.64. The number of aliphatic hydroxyl groups excluding tert-OH is 1. The topological polar surface area (TPSA) is 97.0 Å². The Morgan fingerprint density at radius 1 is 1.36 bits per heavy atom. The van der Waals surface area contributed by atoms with Crippen LogP contribution in [0.3, 0.4) is 0 Å². The molecule has 22 heavy (non-hydrogen) atoms. The zero-order chi connectivity index (χ0) is 15.5. The Balaban J connectivity index is 1.64. The first kappa shape index (κ1) is 15.2. The van der Waals surface area contributed by atoms with Gasteiger partial charge in [-0.05, 0) is 25.7 Å². The van der Waals surface area contributed by atoms with Gasteiger partial charge < -0.3 is 16.2 Å². The molecular weight excluding hydrogens is 298 g/mol. The van der Waals surface area contributed by atoms with Crippen LogP contribution in [-0.2, 0) is 13.0 Å². The molecule has 0 atom stereocenters. The third-order valence-electron chi connectivity index (χ3n) is 3.81. The molecule has 0 bridgehead atoms. The summed E-state index contributed by atoms with van der Waals surface area (Å²) in [6.07, 6.45) is 3.44. The number of aliphatic hydroxyl groups is 1. The smallest absolute Gasteiger partial charge is 0.222 e. The minimum absolute atomic E-state index is 0.204. The van der Waals surface area contributed by atoms with Crippen LogP contribution in [0.2, 0.25) is 0 Å². The van der Waals surface area contributed by atoms with Crippen LogP contribution in [0.1, 0.15) is 48.5 Å². The Kier molecular flexibility index (Phi) is 4.54. The van der Waals surface area contributed by atoms with E-state index in [9.17, 15) is 5.11 Å². The van der Waals surface area contributed by atoms with Crippen molar-refractivity contribution in [3.05, 3.63) is 27.8 Å². The number of nitrogens with zero attached hydrogens (tertiary/aromatic N) is 3. The molecule has 6 nitrogen and oxygen atoms in total. The van der Waals surface area contributed by atoms with Crippen LogP contribution < -0.4 is 11.1 Å². The maximum absolute atomic E-state index is 9.42. The average Bonchev–Trinajstić information content (AvgIpc) is 2.89. The molecule has 0 spiro atoms. The van der Waals surface area contributed by atoms with E-state index in [0.29, 0.717) is 12.4 Å². The summed E-state index contributed by atoms with van der Waals surface area (Å²) < 4.78 is 0. The van der Waals surface area contributed by atoms with E-state index in [4.69, 9.17) is 5.73 Å². The van der Waals surface area contributed by atoms with Crippen molar-refractivity contribution in [3.8, 4) is 0 Å². The van der Waals surface area contributed by atoms with Crippen LogP contribution in [0.25, 0.3) is 0 Å². The van der Waals surface area contributed by atoms with Gasteiger partial charge in [0.1, 0.15) is 5.82 Å². The summed E-state index contributed by atoms with van der Waals surface area (Å²) >= 11 is 1.70. The van der Waals surface area contributed by atoms with E-state index in [-0.39, 0.29) is 18.0 Å². The van der Waals surface area contributed by atoms with E-state index in [1.165, 1.54) is 5.01 Å². The Hall–Kier alpha value is -1.73. The van der Waals surface area contributed by atoms with Crippen LogP contribution in [0.15, 0.2) is 11.4 Å². The fourth-order valence-corrected chi connectivity index (χ4v) is 3.45. The molecule has 1 fully saturated rings. The summed E-state index contributed by atoms with van der Waals surface area (Å²) in [7, 11) is 0. The second kappa shape index (κ2) is 6.58. The SMILES string of the molecule is CCCc1nc(CNc2cc(C3CC(O)C3)nc(N)n2)cs1. The normalized spacial score (nSPS) is 20.6.